The van der Waals surface area contributed by atoms with E-state index < -0.39 is 0 Å². The van der Waals surface area contributed by atoms with Gasteiger partial charge in [0.25, 0.3) is 0 Å². The van der Waals surface area contributed by atoms with Crippen molar-refractivity contribution in [2.45, 2.75) is 5.88 Å². The van der Waals surface area contributed by atoms with E-state index in [4.69, 9.17) is 16.3 Å². The lowest BCUT2D eigenvalue weighted by Crippen LogP contribution is -1.92. The molecular weight excluding hydrogens is 231 g/mol. The Kier molecular flexibility index (Phi) is 3.31. The van der Waals surface area contributed by atoms with E-state index in [1.165, 1.54) is 24.5 Å². The predicted octanol–water partition coefficient (Wildman–Crippen LogP) is 3.15. The molecule has 0 aliphatic rings. The fourth-order valence-corrected chi connectivity index (χ4v) is 1.25. The van der Waals surface area contributed by atoms with Gasteiger partial charge >= 0.3 is 0 Å². The lowest BCUT2D eigenvalue weighted by atomic mass is 10.3. The van der Waals surface area contributed by atoms with Gasteiger partial charge in [0.2, 0.25) is 5.88 Å². The highest BCUT2D eigenvalue weighted by Gasteiger charge is 2.00. The first-order valence-electron chi connectivity index (χ1n) is 4.58. The fraction of sp³-hybridized carbons (Fsp3) is 0.0909. The maximum Gasteiger partial charge on any atom is 0.237 e. The third-order valence-electron chi connectivity index (χ3n) is 1.84. The van der Waals surface area contributed by atoms with Crippen LogP contribution in [0.1, 0.15) is 5.69 Å². The molecule has 1 aromatic carbocycles. The number of alkyl halides is 1. The highest BCUT2D eigenvalue weighted by atomic mass is 35.5. The Hall–Kier alpha value is -1.68. The Morgan fingerprint density at radius 1 is 1.25 bits per heavy atom. The van der Waals surface area contributed by atoms with E-state index >= 15 is 0 Å². The highest BCUT2D eigenvalue weighted by Crippen LogP contribution is 2.19. The SMILES string of the molecule is Fc1cccc(Oc2cnc(CCl)cn2)c1. The van der Waals surface area contributed by atoms with Crippen molar-refractivity contribution in [2.24, 2.45) is 0 Å². The smallest absolute Gasteiger partial charge is 0.237 e. The minimum atomic E-state index is -0.358. The van der Waals surface area contributed by atoms with E-state index in [9.17, 15) is 4.39 Å². The molecule has 0 amide bonds. The van der Waals surface area contributed by atoms with Crippen molar-refractivity contribution >= 4 is 11.6 Å². The van der Waals surface area contributed by atoms with Gasteiger partial charge in [0.15, 0.2) is 0 Å². The van der Waals surface area contributed by atoms with Crippen LogP contribution in [0.3, 0.4) is 0 Å². The molecule has 0 saturated heterocycles. The van der Waals surface area contributed by atoms with Gasteiger partial charge in [-0.15, -0.1) is 11.6 Å². The average molecular weight is 239 g/mol. The summed E-state index contributed by atoms with van der Waals surface area (Å²) in [5.41, 5.74) is 0.660. The molecule has 1 heterocycles. The van der Waals surface area contributed by atoms with Gasteiger partial charge in [-0.3, -0.25) is 4.98 Å². The molecule has 0 atom stereocenters. The third kappa shape index (κ3) is 2.67. The van der Waals surface area contributed by atoms with Gasteiger partial charge < -0.3 is 4.74 Å². The van der Waals surface area contributed by atoms with E-state index in [2.05, 4.69) is 9.97 Å². The van der Waals surface area contributed by atoms with E-state index in [1.54, 1.807) is 12.1 Å². The van der Waals surface area contributed by atoms with Gasteiger partial charge in [0.05, 0.1) is 24.0 Å². The van der Waals surface area contributed by atoms with Crippen LogP contribution in [0.5, 0.6) is 11.6 Å². The number of halogens is 2. The minimum Gasteiger partial charge on any atom is -0.437 e. The zero-order valence-electron chi connectivity index (χ0n) is 8.23. The second-order valence-electron chi connectivity index (χ2n) is 3.04. The number of hydrogen-bond acceptors (Lipinski definition) is 3. The number of rotatable bonds is 3. The largest absolute Gasteiger partial charge is 0.437 e. The second-order valence-corrected chi connectivity index (χ2v) is 3.31. The highest BCUT2D eigenvalue weighted by molar-refractivity contribution is 6.16. The first-order valence-corrected chi connectivity index (χ1v) is 5.11. The molecule has 2 aromatic rings. The number of ether oxygens (including phenoxy) is 1. The Bertz CT molecular complexity index is 476. The molecule has 0 bridgehead atoms. The molecule has 0 radical (unpaired) electrons. The molecule has 16 heavy (non-hydrogen) atoms. The molecular formula is C11H8ClFN2O. The molecule has 0 fully saturated rings. The summed E-state index contributed by atoms with van der Waals surface area (Å²) < 4.78 is 18.2. The number of hydrogen-bond donors (Lipinski definition) is 0. The van der Waals surface area contributed by atoms with Crippen molar-refractivity contribution < 1.29 is 9.13 Å². The zero-order valence-corrected chi connectivity index (χ0v) is 8.99. The first kappa shape index (κ1) is 10.8. The summed E-state index contributed by atoms with van der Waals surface area (Å²) in [6.45, 7) is 0. The van der Waals surface area contributed by atoms with Crippen molar-refractivity contribution in [1.82, 2.24) is 9.97 Å². The topological polar surface area (TPSA) is 35.0 Å². The van der Waals surface area contributed by atoms with Gasteiger partial charge in [-0.2, -0.15) is 0 Å². The maximum absolute atomic E-state index is 12.9. The molecule has 0 aliphatic heterocycles. The molecule has 0 unspecified atom stereocenters. The van der Waals surface area contributed by atoms with Crippen LogP contribution in [0.15, 0.2) is 36.7 Å². The van der Waals surface area contributed by atoms with Gasteiger partial charge in [0, 0.05) is 6.07 Å². The van der Waals surface area contributed by atoms with Crippen LogP contribution in [0.25, 0.3) is 0 Å². The van der Waals surface area contributed by atoms with Crippen LogP contribution in [-0.2, 0) is 5.88 Å². The summed E-state index contributed by atoms with van der Waals surface area (Å²) in [7, 11) is 0. The van der Waals surface area contributed by atoms with E-state index in [0.29, 0.717) is 23.2 Å². The second kappa shape index (κ2) is 4.90. The molecule has 0 saturated carbocycles. The van der Waals surface area contributed by atoms with Crippen LogP contribution in [0.4, 0.5) is 4.39 Å². The lowest BCUT2D eigenvalue weighted by molar-refractivity contribution is 0.455. The molecule has 3 nitrogen and oxygen atoms in total. The molecule has 0 N–H and O–H groups in total. The van der Waals surface area contributed by atoms with E-state index in [1.807, 2.05) is 0 Å². The predicted molar refractivity (Wildman–Crippen MR) is 58.1 cm³/mol. The fourth-order valence-electron chi connectivity index (χ4n) is 1.12. The Morgan fingerprint density at radius 2 is 2.12 bits per heavy atom. The van der Waals surface area contributed by atoms with Gasteiger partial charge in [0.1, 0.15) is 11.6 Å². The van der Waals surface area contributed by atoms with Crippen molar-refractivity contribution in [2.75, 3.05) is 0 Å². The van der Waals surface area contributed by atoms with Gasteiger partial charge in [-0.05, 0) is 12.1 Å². The van der Waals surface area contributed by atoms with Gasteiger partial charge in [-0.25, -0.2) is 9.37 Å². The van der Waals surface area contributed by atoms with Gasteiger partial charge in [-0.1, -0.05) is 6.07 Å². The molecule has 1 aromatic heterocycles. The average Bonchev–Trinajstić information content (AvgIpc) is 2.30. The minimum absolute atomic E-state index is 0.299. The Balaban J connectivity index is 2.14. The quantitative estimate of drug-likeness (QED) is 0.771. The normalized spacial score (nSPS) is 10.1. The van der Waals surface area contributed by atoms with Crippen LogP contribution in [0.2, 0.25) is 0 Å². The first-order chi connectivity index (χ1) is 7.78. The summed E-state index contributed by atoms with van der Waals surface area (Å²) in [5.74, 6) is 0.628. The zero-order chi connectivity index (χ0) is 11.4. The van der Waals surface area contributed by atoms with Crippen molar-refractivity contribution in [3.05, 3.63) is 48.2 Å². The van der Waals surface area contributed by atoms with Crippen LogP contribution in [0, 0.1) is 5.82 Å². The summed E-state index contributed by atoms with van der Waals surface area (Å²) in [4.78, 5) is 7.99. The Morgan fingerprint density at radius 3 is 2.75 bits per heavy atom. The molecule has 5 heteroatoms. The summed E-state index contributed by atoms with van der Waals surface area (Å²) >= 11 is 5.57. The number of benzene rings is 1. The molecule has 82 valence electrons. The molecule has 2 rings (SSSR count). The number of aromatic nitrogens is 2. The van der Waals surface area contributed by atoms with Crippen molar-refractivity contribution in [1.29, 1.82) is 0 Å². The molecule has 0 spiro atoms. The lowest BCUT2D eigenvalue weighted by Gasteiger charge is -2.04. The maximum atomic E-state index is 12.9. The van der Waals surface area contributed by atoms with E-state index in [0.717, 1.165) is 0 Å². The van der Waals surface area contributed by atoms with Crippen molar-refractivity contribution in [3.8, 4) is 11.6 Å². The Labute approximate surface area is 96.9 Å². The van der Waals surface area contributed by atoms with Crippen LogP contribution in [-0.4, -0.2) is 9.97 Å². The van der Waals surface area contributed by atoms with Crippen LogP contribution >= 0.6 is 11.6 Å². The standard InChI is InChI=1S/C11H8ClFN2O/c12-5-9-6-15-11(7-14-9)16-10-3-1-2-8(13)4-10/h1-4,6-7H,5H2. The third-order valence-corrected chi connectivity index (χ3v) is 2.11. The van der Waals surface area contributed by atoms with Crippen molar-refractivity contribution in [3.63, 3.8) is 0 Å². The van der Waals surface area contributed by atoms with Crippen LogP contribution < -0.4 is 4.74 Å². The van der Waals surface area contributed by atoms with E-state index in [-0.39, 0.29) is 5.82 Å². The summed E-state index contributed by atoms with van der Waals surface area (Å²) in [6.07, 6.45) is 2.96. The monoisotopic (exact) mass is 238 g/mol. The summed E-state index contributed by atoms with van der Waals surface area (Å²) in [6, 6.07) is 5.82. The number of nitrogens with zero attached hydrogens (tertiary/aromatic N) is 2. The molecule has 0 aliphatic carbocycles. The summed E-state index contributed by atoms with van der Waals surface area (Å²) in [5, 5.41) is 0.